The van der Waals surface area contributed by atoms with Crippen LogP contribution in [0.5, 0.6) is 11.5 Å². The van der Waals surface area contributed by atoms with Crippen LogP contribution in [0.25, 0.3) is 10.9 Å². The maximum atomic E-state index is 13.9. The van der Waals surface area contributed by atoms with Crippen molar-refractivity contribution in [1.82, 2.24) is 14.8 Å². The van der Waals surface area contributed by atoms with Gasteiger partial charge in [-0.2, -0.15) is 0 Å². The Morgan fingerprint density at radius 3 is 2.47 bits per heavy atom. The van der Waals surface area contributed by atoms with E-state index in [0.717, 1.165) is 33.8 Å². The summed E-state index contributed by atoms with van der Waals surface area (Å²) < 4.78 is 11.5. The van der Waals surface area contributed by atoms with Crippen LogP contribution in [0.15, 0.2) is 72.8 Å². The SMILES string of the molecule is CCOc1ccc(CCN2C(=O)[C@@H]3Cc4c([nH]c5ccccc45)[C@@H](c4ccccc4)N3C2=S)cc1OCC. The fourth-order valence-corrected chi connectivity index (χ4v) is 6.22. The van der Waals surface area contributed by atoms with E-state index >= 15 is 0 Å². The number of aromatic amines is 1. The number of para-hydroxylation sites is 1. The van der Waals surface area contributed by atoms with Gasteiger partial charge in [-0.3, -0.25) is 9.69 Å². The summed E-state index contributed by atoms with van der Waals surface area (Å²) in [5.41, 5.74) is 5.62. The number of fused-ring (bicyclic) bond motifs is 4. The topological polar surface area (TPSA) is 57.8 Å². The van der Waals surface area contributed by atoms with Crippen LogP contribution in [0.2, 0.25) is 0 Å². The van der Waals surface area contributed by atoms with E-state index in [4.69, 9.17) is 21.7 Å². The fraction of sp³-hybridized carbons (Fsp3) is 0.290. The molecule has 38 heavy (non-hydrogen) atoms. The minimum atomic E-state index is -0.321. The average molecular weight is 526 g/mol. The zero-order valence-corrected chi connectivity index (χ0v) is 22.5. The standard InChI is InChI=1S/C31H31N3O3S/c1-3-36-26-15-14-20(18-27(26)37-4-2)16-17-33-30(35)25-19-23-22-12-8-9-13-24(22)32-28(23)29(34(25)31(33)38)21-10-6-5-7-11-21/h5-15,18,25,29,32H,3-4,16-17,19H2,1-2H3/t25-,29+/m0/s1. The molecule has 6 nitrogen and oxygen atoms in total. The van der Waals surface area contributed by atoms with E-state index in [0.29, 0.717) is 37.7 Å². The molecule has 194 valence electrons. The van der Waals surface area contributed by atoms with E-state index in [2.05, 4.69) is 40.2 Å². The van der Waals surface area contributed by atoms with E-state index in [1.807, 2.05) is 56.3 Å². The van der Waals surface area contributed by atoms with Crippen molar-refractivity contribution in [2.24, 2.45) is 0 Å². The first kappa shape index (κ1) is 24.5. The number of nitrogens with zero attached hydrogens (tertiary/aromatic N) is 2. The lowest BCUT2D eigenvalue weighted by Gasteiger charge is -2.37. The third-order valence-corrected chi connectivity index (χ3v) is 7.91. The molecule has 0 unspecified atom stereocenters. The van der Waals surface area contributed by atoms with E-state index in [1.165, 1.54) is 10.9 Å². The lowest BCUT2D eigenvalue weighted by atomic mass is 9.89. The van der Waals surface area contributed by atoms with Crippen LogP contribution >= 0.6 is 12.2 Å². The van der Waals surface area contributed by atoms with Crippen molar-refractivity contribution in [1.29, 1.82) is 0 Å². The van der Waals surface area contributed by atoms with Gasteiger partial charge in [-0.1, -0.05) is 54.6 Å². The number of amides is 1. The van der Waals surface area contributed by atoms with Gasteiger partial charge in [-0.25, -0.2) is 0 Å². The lowest BCUT2D eigenvalue weighted by molar-refractivity contribution is -0.128. The van der Waals surface area contributed by atoms with Crippen LogP contribution in [0.1, 0.15) is 42.3 Å². The molecule has 1 amide bonds. The molecule has 0 spiro atoms. The van der Waals surface area contributed by atoms with Crippen molar-refractivity contribution in [3.05, 3.63) is 95.2 Å². The minimum Gasteiger partial charge on any atom is -0.490 e. The van der Waals surface area contributed by atoms with Gasteiger partial charge in [0.25, 0.3) is 5.91 Å². The Labute approximate surface area is 228 Å². The van der Waals surface area contributed by atoms with Crippen LogP contribution in [0.4, 0.5) is 0 Å². The highest BCUT2D eigenvalue weighted by molar-refractivity contribution is 7.80. The van der Waals surface area contributed by atoms with Crippen molar-refractivity contribution in [2.75, 3.05) is 19.8 Å². The molecule has 0 aliphatic carbocycles. The number of thiocarbonyl (C=S) groups is 1. The Bertz CT molecular complexity index is 1500. The number of ether oxygens (including phenoxy) is 2. The van der Waals surface area contributed by atoms with E-state index in [-0.39, 0.29) is 18.0 Å². The summed E-state index contributed by atoms with van der Waals surface area (Å²) in [4.78, 5) is 21.5. The number of nitrogens with one attached hydrogen (secondary N) is 1. The molecule has 2 aliphatic rings. The van der Waals surface area contributed by atoms with Crippen LogP contribution in [0, 0.1) is 0 Å². The summed E-state index contributed by atoms with van der Waals surface area (Å²) in [5.74, 6) is 1.54. The Hall–Kier alpha value is -3.84. The number of carbonyl (C=O) groups excluding carboxylic acids is 1. The molecule has 3 heterocycles. The number of hydrogen-bond donors (Lipinski definition) is 1. The third kappa shape index (κ3) is 4.11. The summed E-state index contributed by atoms with van der Waals surface area (Å²) in [5, 5.41) is 1.77. The van der Waals surface area contributed by atoms with Crippen molar-refractivity contribution < 1.29 is 14.3 Å². The van der Waals surface area contributed by atoms with E-state index < -0.39 is 0 Å². The van der Waals surface area contributed by atoms with Crippen LogP contribution in [0.3, 0.4) is 0 Å². The molecule has 1 saturated heterocycles. The molecule has 1 fully saturated rings. The molecule has 0 bridgehead atoms. The maximum absolute atomic E-state index is 13.9. The van der Waals surface area contributed by atoms with Gasteiger partial charge in [-0.05, 0) is 67.4 Å². The highest BCUT2D eigenvalue weighted by atomic mass is 32.1. The number of aromatic nitrogens is 1. The Kier molecular flexibility index (Phi) is 6.54. The van der Waals surface area contributed by atoms with Crippen molar-refractivity contribution >= 4 is 34.1 Å². The van der Waals surface area contributed by atoms with Gasteiger partial charge in [0.2, 0.25) is 0 Å². The number of H-pyrrole nitrogens is 1. The monoisotopic (exact) mass is 525 g/mol. The van der Waals surface area contributed by atoms with Gasteiger partial charge < -0.3 is 19.4 Å². The summed E-state index contributed by atoms with van der Waals surface area (Å²) in [6.07, 6.45) is 1.30. The molecule has 3 aromatic carbocycles. The maximum Gasteiger partial charge on any atom is 0.251 e. The van der Waals surface area contributed by atoms with Crippen molar-refractivity contribution in [3.8, 4) is 11.5 Å². The second kappa shape index (κ2) is 10.1. The highest BCUT2D eigenvalue weighted by Crippen LogP contribution is 2.44. The Balaban J connectivity index is 1.31. The zero-order chi connectivity index (χ0) is 26.2. The molecular weight excluding hydrogens is 494 g/mol. The number of carbonyl (C=O) groups is 1. The summed E-state index contributed by atoms with van der Waals surface area (Å²) >= 11 is 6.01. The first-order valence-electron chi connectivity index (χ1n) is 13.3. The normalized spacial score (nSPS) is 18.6. The Morgan fingerprint density at radius 1 is 0.947 bits per heavy atom. The lowest BCUT2D eigenvalue weighted by Crippen LogP contribution is -2.44. The van der Waals surface area contributed by atoms with E-state index in [9.17, 15) is 4.79 Å². The summed E-state index contributed by atoms with van der Waals surface area (Å²) in [7, 11) is 0. The summed E-state index contributed by atoms with van der Waals surface area (Å²) in [6.45, 7) is 5.57. The molecule has 0 radical (unpaired) electrons. The Morgan fingerprint density at radius 2 is 1.68 bits per heavy atom. The molecule has 4 aromatic rings. The molecule has 1 N–H and O–H groups in total. The van der Waals surface area contributed by atoms with Crippen molar-refractivity contribution in [3.63, 3.8) is 0 Å². The fourth-order valence-electron chi connectivity index (χ4n) is 5.81. The molecule has 0 saturated carbocycles. The molecule has 2 aliphatic heterocycles. The average Bonchev–Trinajstić information content (AvgIpc) is 3.42. The zero-order valence-electron chi connectivity index (χ0n) is 21.6. The third-order valence-electron chi connectivity index (χ3n) is 7.48. The second-order valence-electron chi connectivity index (χ2n) is 9.67. The van der Waals surface area contributed by atoms with Crippen LogP contribution in [-0.2, 0) is 17.6 Å². The number of rotatable bonds is 8. The van der Waals surface area contributed by atoms with Gasteiger partial charge in [0.1, 0.15) is 6.04 Å². The number of hydrogen-bond acceptors (Lipinski definition) is 4. The predicted octanol–water partition coefficient (Wildman–Crippen LogP) is 5.65. The molecule has 6 rings (SSSR count). The quantitative estimate of drug-likeness (QED) is 0.301. The highest BCUT2D eigenvalue weighted by Gasteiger charge is 2.50. The van der Waals surface area contributed by atoms with Crippen LogP contribution in [-0.4, -0.2) is 51.6 Å². The van der Waals surface area contributed by atoms with Gasteiger partial charge in [0.05, 0.1) is 19.3 Å². The molecule has 7 heteroatoms. The first-order chi connectivity index (χ1) is 18.6. The first-order valence-corrected chi connectivity index (χ1v) is 13.7. The van der Waals surface area contributed by atoms with Crippen LogP contribution < -0.4 is 9.47 Å². The largest absolute Gasteiger partial charge is 0.490 e. The predicted molar refractivity (Wildman–Crippen MR) is 153 cm³/mol. The van der Waals surface area contributed by atoms with Gasteiger partial charge in [0.15, 0.2) is 16.6 Å². The van der Waals surface area contributed by atoms with E-state index in [1.54, 1.807) is 4.90 Å². The smallest absolute Gasteiger partial charge is 0.251 e. The summed E-state index contributed by atoms with van der Waals surface area (Å²) in [6, 6.07) is 24.2. The molecular formula is C31H31N3O3S. The molecule has 2 atom stereocenters. The van der Waals surface area contributed by atoms with Gasteiger partial charge >= 0.3 is 0 Å². The molecule has 1 aromatic heterocycles. The van der Waals surface area contributed by atoms with Gasteiger partial charge in [-0.15, -0.1) is 0 Å². The van der Waals surface area contributed by atoms with Crippen molar-refractivity contribution in [2.45, 2.75) is 38.8 Å². The van der Waals surface area contributed by atoms with Gasteiger partial charge in [0, 0.05) is 29.6 Å². The second-order valence-corrected chi connectivity index (χ2v) is 10.0. The minimum absolute atomic E-state index is 0.0721. The number of benzene rings is 3.